The topological polar surface area (TPSA) is 90.0 Å². The van der Waals surface area contributed by atoms with Crippen LogP contribution >= 0.6 is 11.8 Å². The minimum atomic E-state index is -1.14. The van der Waals surface area contributed by atoms with Gasteiger partial charge in [-0.25, -0.2) is 4.39 Å². The van der Waals surface area contributed by atoms with Crippen LogP contribution in [0.4, 0.5) is 15.8 Å². The number of amides is 2. The second-order valence-corrected chi connectivity index (χ2v) is 10.1. The van der Waals surface area contributed by atoms with E-state index in [1.54, 1.807) is 62.9 Å². The summed E-state index contributed by atoms with van der Waals surface area (Å²) in [5.74, 6) is 1.54. The number of fused-ring (bicyclic) bond motifs is 1. The number of rotatable bonds is 10. The summed E-state index contributed by atoms with van der Waals surface area (Å²) in [4.78, 5) is 32.7. The molecule has 8 nitrogen and oxygen atoms in total. The van der Waals surface area contributed by atoms with Crippen molar-refractivity contribution in [3.8, 4) is 23.0 Å². The largest absolute Gasteiger partial charge is 0.493 e. The van der Waals surface area contributed by atoms with Crippen molar-refractivity contribution in [3.63, 3.8) is 0 Å². The number of pyridine rings is 1. The Morgan fingerprint density at radius 1 is 0.950 bits per heavy atom. The molecule has 1 saturated carbocycles. The highest BCUT2D eigenvalue weighted by Crippen LogP contribution is 2.49. The molecule has 1 aliphatic carbocycles. The minimum Gasteiger partial charge on any atom is -0.493 e. The molecule has 0 radical (unpaired) electrons. The zero-order valence-electron chi connectivity index (χ0n) is 22.3. The first kappa shape index (κ1) is 27.3. The molecule has 0 bridgehead atoms. The zero-order valence-corrected chi connectivity index (χ0v) is 23.1. The first-order chi connectivity index (χ1) is 19.4. The van der Waals surface area contributed by atoms with Crippen molar-refractivity contribution in [3.05, 3.63) is 78.7 Å². The van der Waals surface area contributed by atoms with E-state index in [1.807, 2.05) is 6.26 Å². The molecule has 0 aliphatic heterocycles. The Morgan fingerprint density at radius 3 is 2.17 bits per heavy atom. The van der Waals surface area contributed by atoms with E-state index < -0.39 is 11.2 Å². The van der Waals surface area contributed by atoms with Gasteiger partial charge >= 0.3 is 0 Å². The number of nitrogens with one attached hydrogen (secondary N) is 1. The minimum absolute atomic E-state index is 0.296. The Kier molecular flexibility index (Phi) is 7.79. The number of anilines is 2. The van der Waals surface area contributed by atoms with Gasteiger partial charge in [0.1, 0.15) is 22.7 Å². The molecular weight excluding hydrogens is 533 g/mol. The fourth-order valence-corrected chi connectivity index (χ4v) is 4.76. The van der Waals surface area contributed by atoms with Crippen molar-refractivity contribution in [1.29, 1.82) is 0 Å². The second-order valence-electron chi connectivity index (χ2n) is 9.27. The van der Waals surface area contributed by atoms with E-state index in [-0.39, 0.29) is 11.8 Å². The molecule has 1 N–H and O–H groups in total. The monoisotopic (exact) mass is 561 g/mol. The number of halogens is 1. The maximum absolute atomic E-state index is 13.9. The van der Waals surface area contributed by atoms with E-state index in [2.05, 4.69) is 10.3 Å². The van der Waals surface area contributed by atoms with E-state index in [0.29, 0.717) is 58.6 Å². The molecule has 1 aliphatic rings. The van der Waals surface area contributed by atoms with Crippen molar-refractivity contribution < 1.29 is 28.2 Å². The molecule has 1 heterocycles. The molecular formula is C30H28FN3O5S. The molecule has 206 valence electrons. The predicted molar refractivity (Wildman–Crippen MR) is 153 cm³/mol. The predicted octanol–water partition coefficient (Wildman–Crippen LogP) is 6.07. The first-order valence-electron chi connectivity index (χ1n) is 12.6. The van der Waals surface area contributed by atoms with Crippen LogP contribution in [0.25, 0.3) is 10.9 Å². The fourth-order valence-electron chi connectivity index (χ4n) is 4.48. The molecule has 4 aromatic rings. The van der Waals surface area contributed by atoms with Gasteiger partial charge in [-0.15, -0.1) is 11.8 Å². The molecule has 0 unspecified atom stereocenters. The second kappa shape index (κ2) is 11.4. The lowest BCUT2D eigenvalue weighted by Gasteiger charge is -2.27. The van der Waals surface area contributed by atoms with E-state index >= 15 is 0 Å². The number of ether oxygens (including phenoxy) is 3. The van der Waals surface area contributed by atoms with Crippen LogP contribution in [0.3, 0.4) is 0 Å². The van der Waals surface area contributed by atoms with Crippen LogP contribution in [-0.4, -0.2) is 43.2 Å². The van der Waals surface area contributed by atoms with Crippen molar-refractivity contribution in [2.45, 2.75) is 12.8 Å². The summed E-state index contributed by atoms with van der Waals surface area (Å²) in [6, 6.07) is 17.9. The van der Waals surface area contributed by atoms with Crippen molar-refractivity contribution in [2.24, 2.45) is 5.41 Å². The fraction of sp³-hybridized carbons (Fsp3) is 0.233. The van der Waals surface area contributed by atoms with Crippen molar-refractivity contribution in [2.75, 3.05) is 31.3 Å². The van der Waals surface area contributed by atoms with Gasteiger partial charge in [0.2, 0.25) is 11.8 Å². The molecule has 0 saturated heterocycles. The number of hydrogen-bond acceptors (Lipinski definition) is 7. The number of thioether (sulfide) groups is 1. The summed E-state index contributed by atoms with van der Waals surface area (Å²) in [7, 11) is 3.12. The lowest BCUT2D eigenvalue weighted by molar-refractivity contribution is -0.135. The average Bonchev–Trinajstić information content (AvgIpc) is 3.79. The average molecular weight is 562 g/mol. The van der Waals surface area contributed by atoms with Crippen LogP contribution in [0.2, 0.25) is 0 Å². The molecule has 5 rings (SSSR count). The highest BCUT2D eigenvalue weighted by molar-refractivity contribution is 7.98. The Balaban J connectivity index is 1.46. The number of carbonyl (C=O) groups excluding carboxylic acids is 2. The number of aromatic nitrogens is 1. The molecule has 1 aromatic heterocycles. The number of nitrogens with zero attached hydrogens (tertiary/aromatic N) is 2. The SMILES string of the molecule is COc1cc2nccc(Oc3ccc(N(C(=O)C4(C(=O)NCSC)CC4)c4ccc(F)cc4)cc3)c2cc1OC. The van der Waals surface area contributed by atoms with Gasteiger partial charge in [-0.1, -0.05) is 0 Å². The van der Waals surface area contributed by atoms with Gasteiger partial charge in [-0.05, 0) is 79.8 Å². The normalized spacial score (nSPS) is 13.4. The molecule has 40 heavy (non-hydrogen) atoms. The maximum atomic E-state index is 13.9. The van der Waals surface area contributed by atoms with Gasteiger partial charge in [-0.3, -0.25) is 19.5 Å². The number of benzene rings is 3. The Morgan fingerprint density at radius 2 is 1.57 bits per heavy atom. The smallest absolute Gasteiger partial charge is 0.247 e. The highest BCUT2D eigenvalue weighted by Gasteiger charge is 2.58. The summed E-state index contributed by atoms with van der Waals surface area (Å²) in [5.41, 5.74) is 0.522. The Labute approximate surface area is 235 Å². The zero-order chi connectivity index (χ0) is 28.3. The highest BCUT2D eigenvalue weighted by atomic mass is 32.2. The molecule has 10 heteroatoms. The van der Waals surface area contributed by atoms with Crippen LogP contribution in [0, 0.1) is 11.2 Å². The quantitative estimate of drug-likeness (QED) is 0.186. The van der Waals surface area contributed by atoms with Gasteiger partial charge in [0.15, 0.2) is 11.5 Å². The van der Waals surface area contributed by atoms with Crippen molar-refractivity contribution >= 4 is 45.9 Å². The van der Waals surface area contributed by atoms with Gasteiger partial charge in [0.25, 0.3) is 0 Å². The van der Waals surface area contributed by atoms with Gasteiger partial charge in [0.05, 0.1) is 25.6 Å². The van der Waals surface area contributed by atoms with Gasteiger partial charge < -0.3 is 19.5 Å². The summed E-state index contributed by atoms with van der Waals surface area (Å²) in [6.45, 7) is 0. The summed E-state index contributed by atoms with van der Waals surface area (Å²) in [5, 5.41) is 3.56. The number of carbonyl (C=O) groups is 2. The number of hydrogen-bond donors (Lipinski definition) is 1. The third-order valence-electron chi connectivity index (χ3n) is 6.79. The Hall–Kier alpha value is -4.31. The van der Waals surface area contributed by atoms with Gasteiger partial charge in [0, 0.05) is 29.0 Å². The lowest BCUT2D eigenvalue weighted by atomic mass is 10.0. The third kappa shape index (κ3) is 5.27. The van der Waals surface area contributed by atoms with E-state index in [1.165, 1.54) is 40.9 Å². The van der Waals surface area contributed by atoms with Crippen LogP contribution in [0.5, 0.6) is 23.0 Å². The molecule has 1 fully saturated rings. The van der Waals surface area contributed by atoms with Crippen molar-refractivity contribution in [1.82, 2.24) is 10.3 Å². The van der Waals surface area contributed by atoms with E-state index in [4.69, 9.17) is 14.2 Å². The van der Waals surface area contributed by atoms with E-state index in [9.17, 15) is 14.0 Å². The first-order valence-corrected chi connectivity index (χ1v) is 14.0. The van der Waals surface area contributed by atoms with Crippen LogP contribution in [-0.2, 0) is 9.59 Å². The summed E-state index contributed by atoms with van der Waals surface area (Å²) < 4.78 is 30.7. The summed E-state index contributed by atoms with van der Waals surface area (Å²) in [6.07, 6.45) is 4.42. The lowest BCUT2D eigenvalue weighted by Crippen LogP contribution is -2.43. The summed E-state index contributed by atoms with van der Waals surface area (Å²) >= 11 is 1.47. The Bertz CT molecular complexity index is 1540. The third-order valence-corrected chi connectivity index (χ3v) is 7.22. The van der Waals surface area contributed by atoms with Crippen LogP contribution in [0.1, 0.15) is 12.8 Å². The molecule has 3 aromatic carbocycles. The van der Waals surface area contributed by atoms with Gasteiger partial charge in [-0.2, -0.15) is 0 Å². The molecule has 0 atom stereocenters. The number of methoxy groups -OCH3 is 2. The van der Waals surface area contributed by atoms with Crippen LogP contribution < -0.4 is 24.4 Å². The molecule has 2 amide bonds. The maximum Gasteiger partial charge on any atom is 0.247 e. The standard InChI is InChI=1S/C30H28FN3O5S/c1-37-26-16-23-24(17-27(26)38-2)32-15-12-25(23)39-22-10-8-21(9-11-22)34(20-6-4-19(31)5-7-20)29(36)30(13-14-30)28(35)33-18-40-3/h4-12,15-17H,13-14,18H2,1-3H3,(H,33,35). The van der Waals surface area contributed by atoms with Crippen LogP contribution in [0.15, 0.2) is 72.9 Å². The molecule has 0 spiro atoms. The van der Waals surface area contributed by atoms with E-state index in [0.717, 1.165) is 5.39 Å².